The molecular weight excluding hydrogens is 597 g/mol. The van der Waals surface area contributed by atoms with Crippen LogP contribution in [0, 0.1) is 13.8 Å². The van der Waals surface area contributed by atoms with Crippen molar-refractivity contribution in [3.05, 3.63) is 118 Å². The van der Waals surface area contributed by atoms with Gasteiger partial charge < -0.3 is 19.2 Å². The predicted octanol–water partition coefficient (Wildman–Crippen LogP) is 8.34. The summed E-state index contributed by atoms with van der Waals surface area (Å²) in [5, 5.41) is 10.3. The molecule has 1 amide bonds. The normalized spacial score (nSPS) is 11.9. The molecule has 1 N–H and O–H groups in total. The number of carboxylic acid groups (broad SMARTS) is 1. The maximum Gasteiger partial charge on any atom is 0.449 e. The van der Waals surface area contributed by atoms with Crippen molar-refractivity contribution in [2.45, 2.75) is 52.4 Å². The van der Waals surface area contributed by atoms with Crippen LogP contribution in [0.3, 0.4) is 0 Å². The first-order valence-electron chi connectivity index (χ1n) is 14.5. The van der Waals surface area contributed by atoms with Gasteiger partial charge in [0.05, 0.1) is 36.7 Å². The average Bonchev–Trinajstić information content (AvgIpc) is 3.51. The van der Waals surface area contributed by atoms with Gasteiger partial charge in [0, 0.05) is 16.6 Å². The van der Waals surface area contributed by atoms with Gasteiger partial charge in [-0.2, -0.15) is 13.2 Å². The minimum Gasteiger partial charge on any atom is -0.496 e. The molecule has 0 saturated heterocycles. The summed E-state index contributed by atoms with van der Waals surface area (Å²) in [6, 6.07) is 21.9. The van der Waals surface area contributed by atoms with E-state index in [1.165, 1.54) is 18.1 Å². The zero-order chi connectivity index (χ0) is 33.4. The van der Waals surface area contributed by atoms with E-state index in [2.05, 4.69) is 4.98 Å². The highest BCUT2D eigenvalue weighted by Crippen LogP contribution is 2.34. The maximum atomic E-state index is 14.4. The number of carboxylic acids is 1. The van der Waals surface area contributed by atoms with Crippen molar-refractivity contribution in [1.29, 1.82) is 0 Å². The van der Waals surface area contributed by atoms with E-state index < -0.39 is 29.2 Å². The van der Waals surface area contributed by atoms with E-state index in [1.807, 2.05) is 24.3 Å². The summed E-state index contributed by atoms with van der Waals surface area (Å²) in [5.41, 5.74) is 4.02. The van der Waals surface area contributed by atoms with Gasteiger partial charge in [0.25, 0.3) is 5.91 Å². The van der Waals surface area contributed by atoms with Gasteiger partial charge in [-0.05, 0) is 74.2 Å². The average molecular weight is 631 g/mol. The van der Waals surface area contributed by atoms with Crippen molar-refractivity contribution in [2.75, 3.05) is 7.11 Å². The fraction of sp³-hybridized carbons (Fsp3) is 0.250. The van der Waals surface area contributed by atoms with E-state index in [0.29, 0.717) is 44.6 Å². The summed E-state index contributed by atoms with van der Waals surface area (Å²) in [6.45, 7) is 6.63. The van der Waals surface area contributed by atoms with Crippen molar-refractivity contribution in [3.8, 4) is 16.9 Å². The Morgan fingerprint density at radius 1 is 0.913 bits per heavy atom. The van der Waals surface area contributed by atoms with Crippen LogP contribution in [-0.2, 0) is 29.5 Å². The van der Waals surface area contributed by atoms with Crippen LogP contribution in [0.4, 0.5) is 13.2 Å². The first-order chi connectivity index (χ1) is 21.7. The molecule has 238 valence electrons. The number of hydrogen-bond donors (Lipinski definition) is 1. The number of aromatic nitrogens is 1. The molecule has 0 radical (unpaired) electrons. The van der Waals surface area contributed by atoms with Gasteiger partial charge in [0.1, 0.15) is 11.5 Å². The van der Waals surface area contributed by atoms with Crippen molar-refractivity contribution >= 4 is 22.8 Å². The van der Waals surface area contributed by atoms with E-state index in [-0.39, 0.29) is 18.8 Å². The predicted molar refractivity (Wildman–Crippen MR) is 168 cm³/mol. The van der Waals surface area contributed by atoms with Crippen molar-refractivity contribution in [2.24, 2.45) is 0 Å². The molecule has 7 nitrogen and oxygen atoms in total. The van der Waals surface area contributed by atoms with Gasteiger partial charge in [0.15, 0.2) is 0 Å². The highest BCUT2D eigenvalue weighted by atomic mass is 19.4. The number of aliphatic carboxylic acids is 1. The third-order valence-corrected chi connectivity index (χ3v) is 8.27. The molecule has 5 aromatic rings. The standard InChI is InChI=1S/C36H33F3N2O5/c1-21-22(2)40-29-12-7-6-11-28(29)32(21)33(42)41(20-27-15-16-31(46-27)36(37,38)39)19-25-14-13-24(18-30(25)45-5)23-9-8-10-26(17-23)35(3,4)34(43)44/h6-18H,19-20H2,1-5H3,(H,43,44). The number of methoxy groups -OCH3 is 1. The van der Waals surface area contributed by atoms with Crippen LogP contribution in [0.2, 0.25) is 0 Å². The Labute approximate surface area is 264 Å². The van der Waals surface area contributed by atoms with Crippen LogP contribution >= 0.6 is 0 Å². The molecule has 3 aromatic carbocycles. The molecule has 0 bridgehead atoms. The van der Waals surface area contributed by atoms with Gasteiger partial charge in [-0.3, -0.25) is 14.6 Å². The summed E-state index contributed by atoms with van der Waals surface area (Å²) in [7, 11) is 1.49. The molecule has 0 fully saturated rings. The SMILES string of the molecule is COc1cc(-c2cccc(C(C)(C)C(=O)O)c2)ccc1CN(Cc1ccc(C(F)(F)F)o1)C(=O)c1c(C)c(C)nc2ccccc12. The van der Waals surface area contributed by atoms with Gasteiger partial charge >= 0.3 is 12.1 Å². The number of carbonyl (C=O) groups excluding carboxylic acids is 1. The number of benzene rings is 3. The summed E-state index contributed by atoms with van der Waals surface area (Å²) < 4.78 is 50.9. The lowest BCUT2D eigenvalue weighted by atomic mass is 9.83. The first kappa shape index (κ1) is 32.3. The summed E-state index contributed by atoms with van der Waals surface area (Å²) in [6.07, 6.45) is -4.67. The zero-order valence-electron chi connectivity index (χ0n) is 26.0. The number of aryl methyl sites for hydroxylation is 1. The molecule has 0 saturated carbocycles. The summed E-state index contributed by atoms with van der Waals surface area (Å²) in [5.74, 6) is -2.08. The van der Waals surface area contributed by atoms with E-state index in [0.717, 1.165) is 17.2 Å². The molecule has 5 rings (SSSR count). The van der Waals surface area contributed by atoms with E-state index in [1.54, 1.807) is 70.2 Å². The fourth-order valence-electron chi connectivity index (χ4n) is 5.34. The van der Waals surface area contributed by atoms with Crippen LogP contribution < -0.4 is 4.74 Å². The van der Waals surface area contributed by atoms with Crippen molar-refractivity contribution < 1.29 is 37.0 Å². The van der Waals surface area contributed by atoms with Crippen molar-refractivity contribution in [3.63, 3.8) is 0 Å². The monoisotopic (exact) mass is 630 g/mol. The Bertz CT molecular complexity index is 1940. The van der Waals surface area contributed by atoms with Crippen LogP contribution in [0.5, 0.6) is 5.75 Å². The number of pyridine rings is 1. The number of alkyl halides is 3. The van der Waals surface area contributed by atoms with Gasteiger partial charge in [-0.25, -0.2) is 0 Å². The molecule has 0 aliphatic carbocycles. The third-order valence-electron chi connectivity index (χ3n) is 8.27. The van der Waals surface area contributed by atoms with Crippen LogP contribution in [0.1, 0.15) is 58.1 Å². The first-order valence-corrected chi connectivity index (χ1v) is 14.5. The number of hydrogen-bond acceptors (Lipinski definition) is 5. The third kappa shape index (κ3) is 6.33. The molecule has 2 aromatic heterocycles. The van der Waals surface area contributed by atoms with Crippen LogP contribution in [0.15, 0.2) is 83.3 Å². The number of amides is 1. The Morgan fingerprint density at radius 2 is 1.63 bits per heavy atom. The van der Waals surface area contributed by atoms with Crippen LogP contribution in [0.25, 0.3) is 22.0 Å². The topological polar surface area (TPSA) is 92.9 Å². The molecule has 0 atom stereocenters. The lowest BCUT2D eigenvalue weighted by Gasteiger charge is -2.25. The minimum atomic E-state index is -4.67. The highest BCUT2D eigenvalue weighted by molar-refractivity contribution is 6.07. The Hall–Kier alpha value is -5.12. The van der Waals surface area contributed by atoms with Gasteiger partial charge in [0.2, 0.25) is 5.76 Å². The quantitative estimate of drug-likeness (QED) is 0.176. The number of fused-ring (bicyclic) bond motifs is 1. The van der Waals surface area contributed by atoms with E-state index in [9.17, 15) is 27.9 Å². The molecule has 46 heavy (non-hydrogen) atoms. The van der Waals surface area contributed by atoms with E-state index in [4.69, 9.17) is 9.15 Å². The van der Waals surface area contributed by atoms with Gasteiger partial charge in [-0.15, -0.1) is 0 Å². The number of ether oxygens (including phenoxy) is 1. The van der Waals surface area contributed by atoms with Gasteiger partial charge in [-0.1, -0.05) is 54.6 Å². The zero-order valence-corrected chi connectivity index (χ0v) is 26.0. The molecule has 0 aliphatic rings. The molecule has 2 heterocycles. The molecule has 10 heteroatoms. The highest BCUT2D eigenvalue weighted by Gasteiger charge is 2.35. The number of furan rings is 1. The second-order valence-electron chi connectivity index (χ2n) is 11.7. The number of nitrogens with zero attached hydrogens (tertiary/aromatic N) is 2. The summed E-state index contributed by atoms with van der Waals surface area (Å²) >= 11 is 0. The van der Waals surface area contributed by atoms with Crippen LogP contribution in [-0.4, -0.2) is 34.0 Å². The number of para-hydroxylation sites is 1. The Balaban J connectivity index is 1.56. The molecule has 0 spiro atoms. The Kier molecular flexibility index (Phi) is 8.66. The van der Waals surface area contributed by atoms with E-state index >= 15 is 0 Å². The maximum absolute atomic E-state index is 14.4. The smallest absolute Gasteiger partial charge is 0.449 e. The summed E-state index contributed by atoms with van der Waals surface area (Å²) in [4.78, 5) is 32.3. The second kappa shape index (κ2) is 12.3. The molecule has 0 unspecified atom stereocenters. The Morgan fingerprint density at radius 3 is 2.30 bits per heavy atom. The number of rotatable bonds is 9. The lowest BCUT2D eigenvalue weighted by Crippen LogP contribution is -2.31. The molecular formula is C36H33F3N2O5. The van der Waals surface area contributed by atoms with Crippen molar-refractivity contribution in [1.82, 2.24) is 9.88 Å². The number of carbonyl (C=O) groups is 2. The lowest BCUT2D eigenvalue weighted by molar-refractivity contribution is -0.153. The second-order valence-corrected chi connectivity index (χ2v) is 11.7. The largest absolute Gasteiger partial charge is 0.496 e. The molecule has 0 aliphatic heterocycles. The fourth-order valence-corrected chi connectivity index (χ4v) is 5.34. The number of halogens is 3. The minimum absolute atomic E-state index is 0.00837.